The Kier molecular flexibility index (Phi) is 3.90. The van der Waals surface area contributed by atoms with Gasteiger partial charge in [0.15, 0.2) is 0 Å². The van der Waals surface area contributed by atoms with Crippen LogP contribution in [-0.2, 0) is 0 Å². The van der Waals surface area contributed by atoms with Gasteiger partial charge < -0.3 is 5.73 Å². The molecule has 78 valence electrons. The van der Waals surface area contributed by atoms with Crippen LogP contribution in [0.25, 0.3) is 0 Å². The largest absolute Gasteiger partial charge is 0.324 e. The Morgan fingerprint density at radius 2 is 2.07 bits per heavy atom. The molecular formula is C11H15ClFN. The third kappa shape index (κ3) is 2.96. The lowest BCUT2D eigenvalue weighted by molar-refractivity contribution is 0.507. The predicted molar refractivity (Wildman–Crippen MR) is 57.8 cm³/mol. The van der Waals surface area contributed by atoms with E-state index in [1.54, 1.807) is 12.1 Å². The van der Waals surface area contributed by atoms with Gasteiger partial charge in [0, 0.05) is 6.04 Å². The molecule has 0 bridgehead atoms. The second-order valence-corrected chi connectivity index (χ2v) is 4.32. The van der Waals surface area contributed by atoms with Crippen molar-refractivity contribution in [2.75, 3.05) is 0 Å². The van der Waals surface area contributed by atoms with Crippen LogP contribution in [0.3, 0.4) is 0 Å². The zero-order valence-corrected chi connectivity index (χ0v) is 9.18. The quantitative estimate of drug-likeness (QED) is 0.820. The summed E-state index contributed by atoms with van der Waals surface area (Å²) in [7, 11) is 0. The number of hydrogen-bond acceptors (Lipinski definition) is 1. The van der Waals surface area contributed by atoms with E-state index in [-0.39, 0.29) is 11.1 Å². The minimum Gasteiger partial charge on any atom is -0.324 e. The first-order chi connectivity index (χ1) is 6.50. The van der Waals surface area contributed by atoms with Gasteiger partial charge in [-0.05, 0) is 30.0 Å². The van der Waals surface area contributed by atoms with Crippen molar-refractivity contribution in [2.24, 2.45) is 11.7 Å². The minimum absolute atomic E-state index is 0.109. The molecule has 1 aromatic carbocycles. The summed E-state index contributed by atoms with van der Waals surface area (Å²) in [6, 6.07) is 4.63. The first-order valence-corrected chi connectivity index (χ1v) is 5.09. The van der Waals surface area contributed by atoms with E-state index in [0.717, 1.165) is 12.0 Å². The molecule has 2 N–H and O–H groups in total. The van der Waals surface area contributed by atoms with E-state index in [2.05, 4.69) is 13.8 Å². The predicted octanol–water partition coefficient (Wildman–Crippen LogP) is 3.53. The maximum atomic E-state index is 13.1. The van der Waals surface area contributed by atoms with E-state index < -0.39 is 5.82 Å². The highest BCUT2D eigenvalue weighted by Gasteiger charge is 2.10. The summed E-state index contributed by atoms with van der Waals surface area (Å²) in [6.07, 6.45) is 0.848. The van der Waals surface area contributed by atoms with Crippen molar-refractivity contribution >= 4 is 11.6 Å². The minimum atomic E-state index is -0.400. The summed E-state index contributed by atoms with van der Waals surface area (Å²) in [6.45, 7) is 4.18. The summed E-state index contributed by atoms with van der Waals surface area (Å²) < 4.78 is 13.1. The molecule has 0 aromatic heterocycles. The van der Waals surface area contributed by atoms with E-state index in [1.165, 1.54) is 6.07 Å². The fourth-order valence-corrected chi connectivity index (χ4v) is 1.50. The summed E-state index contributed by atoms with van der Waals surface area (Å²) in [5.41, 5.74) is 6.71. The van der Waals surface area contributed by atoms with E-state index in [1.807, 2.05) is 0 Å². The number of nitrogens with two attached hydrogens (primary N) is 1. The third-order valence-corrected chi connectivity index (χ3v) is 2.40. The molecule has 0 unspecified atom stereocenters. The summed E-state index contributed by atoms with van der Waals surface area (Å²) >= 11 is 5.58. The van der Waals surface area contributed by atoms with E-state index in [0.29, 0.717) is 5.92 Å². The van der Waals surface area contributed by atoms with Crippen LogP contribution in [0, 0.1) is 11.7 Å². The Hall–Kier alpha value is -0.600. The van der Waals surface area contributed by atoms with E-state index >= 15 is 0 Å². The van der Waals surface area contributed by atoms with Gasteiger partial charge >= 0.3 is 0 Å². The monoisotopic (exact) mass is 215 g/mol. The molecule has 0 aliphatic heterocycles. The Labute approximate surface area is 89.1 Å². The van der Waals surface area contributed by atoms with Crippen molar-refractivity contribution in [1.82, 2.24) is 0 Å². The highest BCUT2D eigenvalue weighted by atomic mass is 35.5. The SMILES string of the molecule is CC(C)C[C@@H](N)c1ccc(Cl)c(F)c1. The number of halogens is 2. The van der Waals surface area contributed by atoms with Gasteiger partial charge in [0.1, 0.15) is 5.82 Å². The van der Waals surface area contributed by atoms with Crippen LogP contribution in [0.15, 0.2) is 18.2 Å². The summed E-state index contributed by atoms with van der Waals surface area (Å²) in [5, 5.41) is 0.144. The maximum Gasteiger partial charge on any atom is 0.142 e. The van der Waals surface area contributed by atoms with Crippen molar-refractivity contribution in [3.8, 4) is 0 Å². The fraction of sp³-hybridized carbons (Fsp3) is 0.455. The molecule has 1 rings (SSSR count). The molecule has 0 amide bonds. The van der Waals surface area contributed by atoms with Crippen LogP contribution >= 0.6 is 11.6 Å². The Balaban J connectivity index is 2.80. The first kappa shape index (κ1) is 11.5. The molecule has 1 nitrogen and oxygen atoms in total. The van der Waals surface area contributed by atoms with Crippen LogP contribution in [0.2, 0.25) is 5.02 Å². The molecule has 14 heavy (non-hydrogen) atoms. The highest BCUT2D eigenvalue weighted by Crippen LogP contribution is 2.22. The first-order valence-electron chi connectivity index (χ1n) is 4.71. The van der Waals surface area contributed by atoms with Crippen LogP contribution in [-0.4, -0.2) is 0 Å². The molecule has 1 aromatic rings. The second-order valence-electron chi connectivity index (χ2n) is 3.91. The molecular weight excluding hydrogens is 201 g/mol. The van der Waals surface area contributed by atoms with Crippen LogP contribution in [0.4, 0.5) is 4.39 Å². The van der Waals surface area contributed by atoms with Crippen molar-refractivity contribution in [2.45, 2.75) is 26.3 Å². The van der Waals surface area contributed by atoms with Crippen molar-refractivity contribution in [3.63, 3.8) is 0 Å². The van der Waals surface area contributed by atoms with Gasteiger partial charge in [0.2, 0.25) is 0 Å². The molecule has 0 radical (unpaired) electrons. The topological polar surface area (TPSA) is 26.0 Å². The van der Waals surface area contributed by atoms with Gasteiger partial charge in [-0.3, -0.25) is 0 Å². The molecule has 0 saturated carbocycles. The standard InChI is InChI=1S/C11H15ClFN/c1-7(2)5-11(14)8-3-4-9(12)10(13)6-8/h3-4,6-7,11H,5,14H2,1-2H3/t11-/m1/s1. The van der Waals surface area contributed by atoms with Gasteiger partial charge in [-0.15, -0.1) is 0 Å². The zero-order valence-electron chi connectivity index (χ0n) is 8.43. The lowest BCUT2D eigenvalue weighted by Crippen LogP contribution is -2.13. The van der Waals surface area contributed by atoms with Crippen LogP contribution in [0.1, 0.15) is 31.9 Å². The molecule has 3 heteroatoms. The van der Waals surface area contributed by atoms with Gasteiger partial charge in [0.05, 0.1) is 5.02 Å². The molecule has 0 fully saturated rings. The van der Waals surface area contributed by atoms with Crippen molar-refractivity contribution < 1.29 is 4.39 Å². The number of hydrogen-bond donors (Lipinski definition) is 1. The van der Waals surface area contributed by atoms with Gasteiger partial charge in [-0.2, -0.15) is 0 Å². The van der Waals surface area contributed by atoms with Gasteiger partial charge in [-0.25, -0.2) is 4.39 Å². The van der Waals surface area contributed by atoms with Crippen molar-refractivity contribution in [3.05, 3.63) is 34.6 Å². The summed E-state index contributed by atoms with van der Waals surface area (Å²) in [4.78, 5) is 0. The fourth-order valence-electron chi connectivity index (χ4n) is 1.39. The van der Waals surface area contributed by atoms with Crippen molar-refractivity contribution in [1.29, 1.82) is 0 Å². The molecule has 0 aliphatic carbocycles. The van der Waals surface area contributed by atoms with E-state index in [4.69, 9.17) is 17.3 Å². The van der Waals surface area contributed by atoms with E-state index in [9.17, 15) is 4.39 Å². The molecule has 0 heterocycles. The average Bonchev–Trinajstić information content (AvgIpc) is 2.08. The lowest BCUT2D eigenvalue weighted by Gasteiger charge is -2.14. The van der Waals surface area contributed by atoms with Crippen LogP contribution < -0.4 is 5.73 Å². The highest BCUT2D eigenvalue weighted by molar-refractivity contribution is 6.30. The second kappa shape index (κ2) is 4.76. The van der Waals surface area contributed by atoms with Gasteiger partial charge in [0.25, 0.3) is 0 Å². The zero-order chi connectivity index (χ0) is 10.7. The Morgan fingerprint density at radius 1 is 1.43 bits per heavy atom. The number of benzene rings is 1. The maximum absolute atomic E-state index is 13.1. The molecule has 0 spiro atoms. The Morgan fingerprint density at radius 3 is 2.57 bits per heavy atom. The lowest BCUT2D eigenvalue weighted by atomic mass is 9.98. The molecule has 0 saturated heterocycles. The average molecular weight is 216 g/mol. The molecule has 0 aliphatic rings. The normalized spacial score (nSPS) is 13.3. The number of rotatable bonds is 3. The summed E-state index contributed by atoms with van der Waals surface area (Å²) in [5.74, 6) is 0.104. The van der Waals surface area contributed by atoms with Crippen LogP contribution in [0.5, 0.6) is 0 Å². The Bertz CT molecular complexity index is 312. The smallest absolute Gasteiger partial charge is 0.142 e. The van der Waals surface area contributed by atoms with Gasteiger partial charge in [-0.1, -0.05) is 31.5 Å². The molecule has 1 atom stereocenters. The third-order valence-electron chi connectivity index (χ3n) is 2.10.